The standard InChI is InChI=1S/C8H8BrCl/c1-6-2-3-8(10)4-7(6)5-9/h2-4H,5H2,1H3. The SMILES string of the molecule is Cc1ccc(Cl)cc1CBr. The second-order valence-corrected chi connectivity index (χ2v) is 3.20. The van der Waals surface area contributed by atoms with E-state index in [1.165, 1.54) is 11.1 Å². The van der Waals surface area contributed by atoms with Crippen LogP contribution in [0.1, 0.15) is 11.1 Å². The molecule has 1 rings (SSSR count). The summed E-state index contributed by atoms with van der Waals surface area (Å²) in [5.74, 6) is 0. The van der Waals surface area contributed by atoms with Gasteiger partial charge in [0.2, 0.25) is 0 Å². The number of alkyl halides is 1. The van der Waals surface area contributed by atoms with Crippen molar-refractivity contribution in [1.29, 1.82) is 0 Å². The van der Waals surface area contributed by atoms with Gasteiger partial charge in [0.05, 0.1) is 0 Å². The molecule has 1 aromatic rings. The summed E-state index contributed by atoms with van der Waals surface area (Å²) in [6.07, 6.45) is 0. The molecule has 0 saturated heterocycles. The van der Waals surface area contributed by atoms with Gasteiger partial charge in [-0.3, -0.25) is 0 Å². The van der Waals surface area contributed by atoms with Gasteiger partial charge < -0.3 is 0 Å². The first kappa shape index (κ1) is 8.09. The number of aryl methyl sites for hydroxylation is 1. The lowest BCUT2D eigenvalue weighted by molar-refractivity contribution is 1.32. The molecule has 0 atom stereocenters. The number of hydrogen-bond acceptors (Lipinski definition) is 0. The quantitative estimate of drug-likeness (QED) is 0.634. The van der Waals surface area contributed by atoms with Gasteiger partial charge in [-0.2, -0.15) is 0 Å². The van der Waals surface area contributed by atoms with E-state index >= 15 is 0 Å². The summed E-state index contributed by atoms with van der Waals surface area (Å²) < 4.78 is 0. The van der Waals surface area contributed by atoms with Crippen molar-refractivity contribution in [3.8, 4) is 0 Å². The van der Waals surface area contributed by atoms with Crippen molar-refractivity contribution in [2.24, 2.45) is 0 Å². The number of halogens is 2. The van der Waals surface area contributed by atoms with Crippen molar-refractivity contribution in [2.75, 3.05) is 0 Å². The predicted octanol–water partition coefficient (Wildman–Crippen LogP) is 3.54. The molecule has 54 valence electrons. The van der Waals surface area contributed by atoms with Gasteiger partial charge in [-0.25, -0.2) is 0 Å². The van der Waals surface area contributed by atoms with Crippen LogP contribution in [0.4, 0.5) is 0 Å². The summed E-state index contributed by atoms with van der Waals surface area (Å²) in [5.41, 5.74) is 2.54. The Balaban J connectivity index is 3.09. The molecule has 0 spiro atoms. The molecule has 0 unspecified atom stereocenters. The van der Waals surface area contributed by atoms with Crippen LogP contribution in [0.5, 0.6) is 0 Å². The first-order valence-corrected chi connectivity index (χ1v) is 4.55. The van der Waals surface area contributed by atoms with Crippen LogP contribution in [0, 0.1) is 6.92 Å². The first-order valence-electron chi connectivity index (χ1n) is 3.05. The summed E-state index contributed by atoms with van der Waals surface area (Å²) in [6, 6.07) is 5.91. The van der Waals surface area contributed by atoms with Crippen LogP contribution in [0.3, 0.4) is 0 Å². The highest BCUT2D eigenvalue weighted by atomic mass is 79.9. The van der Waals surface area contributed by atoms with Crippen molar-refractivity contribution in [1.82, 2.24) is 0 Å². The fourth-order valence-electron chi connectivity index (χ4n) is 0.784. The third-order valence-corrected chi connectivity index (χ3v) is 2.29. The monoisotopic (exact) mass is 218 g/mol. The van der Waals surface area contributed by atoms with Crippen molar-refractivity contribution in [3.63, 3.8) is 0 Å². The van der Waals surface area contributed by atoms with Gasteiger partial charge in [0.25, 0.3) is 0 Å². The van der Waals surface area contributed by atoms with Gasteiger partial charge >= 0.3 is 0 Å². The highest BCUT2D eigenvalue weighted by Crippen LogP contribution is 2.17. The highest BCUT2D eigenvalue weighted by Gasteiger charge is 1.95. The average molecular weight is 220 g/mol. The second-order valence-electron chi connectivity index (χ2n) is 2.20. The smallest absolute Gasteiger partial charge is 0.0409 e. The Morgan fingerprint density at radius 1 is 1.50 bits per heavy atom. The summed E-state index contributed by atoms with van der Waals surface area (Å²) in [6.45, 7) is 2.08. The number of hydrogen-bond donors (Lipinski definition) is 0. The molecule has 2 heteroatoms. The minimum Gasteiger partial charge on any atom is -0.0876 e. The van der Waals surface area contributed by atoms with Crippen LogP contribution >= 0.6 is 27.5 Å². The Kier molecular flexibility index (Phi) is 2.75. The molecule has 0 fully saturated rings. The Morgan fingerprint density at radius 3 is 2.70 bits per heavy atom. The van der Waals surface area contributed by atoms with E-state index < -0.39 is 0 Å². The van der Waals surface area contributed by atoms with Gasteiger partial charge in [0, 0.05) is 10.4 Å². The Hall–Kier alpha value is -0.0100. The third kappa shape index (κ3) is 1.74. The van der Waals surface area contributed by atoms with Crippen LogP contribution in [-0.4, -0.2) is 0 Å². The van der Waals surface area contributed by atoms with E-state index in [2.05, 4.69) is 22.9 Å². The van der Waals surface area contributed by atoms with Gasteiger partial charge in [-0.05, 0) is 30.2 Å². The van der Waals surface area contributed by atoms with Crippen LogP contribution in [0.25, 0.3) is 0 Å². The van der Waals surface area contributed by atoms with Gasteiger partial charge in [0.1, 0.15) is 0 Å². The average Bonchev–Trinajstić information content (AvgIpc) is 1.94. The Morgan fingerprint density at radius 2 is 2.20 bits per heavy atom. The van der Waals surface area contributed by atoms with Crippen molar-refractivity contribution < 1.29 is 0 Å². The minimum atomic E-state index is 0.806. The molecule has 0 aliphatic rings. The van der Waals surface area contributed by atoms with Crippen molar-refractivity contribution in [2.45, 2.75) is 12.3 Å². The fourth-order valence-corrected chi connectivity index (χ4v) is 1.58. The van der Waals surface area contributed by atoms with Crippen molar-refractivity contribution in [3.05, 3.63) is 34.3 Å². The summed E-state index contributed by atoms with van der Waals surface area (Å²) in [5, 5.41) is 1.68. The van der Waals surface area contributed by atoms with Crippen molar-refractivity contribution >= 4 is 27.5 Å². The number of rotatable bonds is 1. The molecule has 0 aliphatic heterocycles. The summed E-state index contributed by atoms with van der Waals surface area (Å²) >= 11 is 9.16. The van der Waals surface area contributed by atoms with E-state index in [9.17, 15) is 0 Å². The molecule has 0 amide bonds. The number of benzene rings is 1. The van der Waals surface area contributed by atoms with Crippen LogP contribution in [-0.2, 0) is 5.33 Å². The second kappa shape index (κ2) is 3.40. The molecule has 0 N–H and O–H groups in total. The Bertz CT molecular complexity index is 233. The predicted molar refractivity (Wildman–Crippen MR) is 48.8 cm³/mol. The molecule has 10 heavy (non-hydrogen) atoms. The molecule has 0 bridgehead atoms. The summed E-state index contributed by atoms with van der Waals surface area (Å²) in [4.78, 5) is 0. The van der Waals surface area contributed by atoms with Crippen LogP contribution in [0.15, 0.2) is 18.2 Å². The molecule has 0 nitrogen and oxygen atoms in total. The van der Waals surface area contributed by atoms with E-state index in [-0.39, 0.29) is 0 Å². The largest absolute Gasteiger partial charge is 0.0876 e. The third-order valence-electron chi connectivity index (χ3n) is 1.46. The zero-order valence-electron chi connectivity index (χ0n) is 5.70. The fraction of sp³-hybridized carbons (Fsp3) is 0.250. The molecular weight excluding hydrogens is 211 g/mol. The Labute approximate surface area is 74.3 Å². The van der Waals surface area contributed by atoms with E-state index in [0.29, 0.717) is 0 Å². The molecule has 0 aromatic heterocycles. The molecule has 0 aliphatic carbocycles. The van der Waals surface area contributed by atoms with Crippen LogP contribution < -0.4 is 0 Å². The molecule has 1 aromatic carbocycles. The molecule has 0 saturated carbocycles. The zero-order valence-corrected chi connectivity index (χ0v) is 8.04. The maximum absolute atomic E-state index is 5.77. The maximum Gasteiger partial charge on any atom is 0.0409 e. The van der Waals surface area contributed by atoms with E-state index in [0.717, 1.165) is 10.4 Å². The molecule has 0 heterocycles. The lowest BCUT2D eigenvalue weighted by atomic mass is 10.1. The van der Waals surface area contributed by atoms with E-state index in [1.807, 2.05) is 18.2 Å². The van der Waals surface area contributed by atoms with E-state index in [4.69, 9.17) is 11.6 Å². The van der Waals surface area contributed by atoms with Gasteiger partial charge in [-0.1, -0.05) is 33.6 Å². The van der Waals surface area contributed by atoms with E-state index in [1.54, 1.807) is 0 Å². The minimum absolute atomic E-state index is 0.806. The normalized spacial score (nSPS) is 9.90. The zero-order chi connectivity index (χ0) is 7.56. The lowest BCUT2D eigenvalue weighted by Gasteiger charge is -2.00. The first-order chi connectivity index (χ1) is 4.74. The summed E-state index contributed by atoms with van der Waals surface area (Å²) in [7, 11) is 0. The van der Waals surface area contributed by atoms with Gasteiger partial charge in [-0.15, -0.1) is 0 Å². The lowest BCUT2D eigenvalue weighted by Crippen LogP contribution is -1.82. The van der Waals surface area contributed by atoms with Gasteiger partial charge in [0.15, 0.2) is 0 Å². The maximum atomic E-state index is 5.77. The molecular formula is C8H8BrCl. The molecule has 0 radical (unpaired) electrons. The van der Waals surface area contributed by atoms with Crippen LogP contribution in [0.2, 0.25) is 5.02 Å². The topological polar surface area (TPSA) is 0 Å². The highest BCUT2D eigenvalue weighted by molar-refractivity contribution is 9.08.